The van der Waals surface area contributed by atoms with E-state index in [0.717, 1.165) is 11.6 Å². The van der Waals surface area contributed by atoms with Crippen LogP contribution in [0.15, 0.2) is 48.8 Å². The molecule has 1 amide bonds. The SMILES string of the molecule is Cn1cnc(-c2ccc(C(=O)NC3CCN(c4ccc(F)cc4F)C3)cc2)n1. The summed E-state index contributed by atoms with van der Waals surface area (Å²) in [5.41, 5.74) is 1.72. The lowest BCUT2D eigenvalue weighted by Crippen LogP contribution is -2.37. The molecule has 0 saturated carbocycles. The summed E-state index contributed by atoms with van der Waals surface area (Å²) >= 11 is 0. The quantitative estimate of drug-likeness (QED) is 0.753. The number of hydrogen-bond donors (Lipinski definition) is 1. The summed E-state index contributed by atoms with van der Waals surface area (Å²) in [6, 6.07) is 10.5. The fraction of sp³-hybridized carbons (Fsp3) is 0.250. The van der Waals surface area contributed by atoms with Crippen molar-refractivity contribution < 1.29 is 13.6 Å². The number of halogens is 2. The Labute approximate surface area is 160 Å². The number of benzene rings is 2. The van der Waals surface area contributed by atoms with Crippen molar-refractivity contribution in [2.75, 3.05) is 18.0 Å². The van der Waals surface area contributed by atoms with Crippen molar-refractivity contribution in [1.29, 1.82) is 0 Å². The number of hydrogen-bond acceptors (Lipinski definition) is 4. The molecule has 1 aromatic heterocycles. The van der Waals surface area contributed by atoms with Crippen molar-refractivity contribution >= 4 is 11.6 Å². The second kappa shape index (κ2) is 7.38. The molecule has 4 rings (SSSR count). The molecular weight excluding hydrogens is 364 g/mol. The van der Waals surface area contributed by atoms with E-state index in [9.17, 15) is 13.6 Å². The van der Waals surface area contributed by atoms with Crippen LogP contribution in [0, 0.1) is 11.6 Å². The van der Waals surface area contributed by atoms with Crippen LogP contribution in [-0.2, 0) is 7.05 Å². The maximum absolute atomic E-state index is 14.0. The first-order valence-corrected chi connectivity index (χ1v) is 8.96. The van der Waals surface area contributed by atoms with E-state index in [1.807, 2.05) is 4.90 Å². The van der Waals surface area contributed by atoms with Crippen LogP contribution in [0.25, 0.3) is 11.4 Å². The Bertz CT molecular complexity index is 1000. The molecule has 8 heteroatoms. The zero-order valence-corrected chi connectivity index (χ0v) is 15.3. The molecule has 3 aromatic rings. The minimum atomic E-state index is -0.602. The van der Waals surface area contributed by atoms with Gasteiger partial charge in [-0.05, 0) is 30.7 Å². The van der Waals surface area contributed by atoms with E-state index in [4.69, 9.17) is 0 Å². The van der Waals surface area contributed by atoms with Crippen molar-refractivity contribution in [3.8, 4) is 11.4 Å². The maximum atomic E-state index is 14.0. The molecule has 1 atom stereocenters. The highest BCUT2D eigenvalue weighted by Gasteiger charge is 2.26. The van der Waals surface area contributed by atoms with Gasteiger partial charge in [-0.25, -0.2) is 13.8 Å². The van der Waals surface area contributed by atoms with Crippen LogP contribution >= 0.6 is 0 Å². The molecule has 2 aromatic carbocycles. The molecule has 1 aliphatic heterocycles. The number of amides is 1. The van der Waals surface area contributed by atoms with Crippen molar-refractivity contribution in [3.63, 3.8) is 0 Å². The summed E-state index contributed by atoms with van der Waals surface area (Å²) < 4.78 is 28.7. The van der Waals surface area contributed by atoms with Crippen molar-refractivity contribution in [1.82, 2.24) is 20.1 Å². The molecule has 0 bridgehead atoms. The predicted molar refractivity (Wildman–Crippen MR) is 101 cm³/mol. The van der Waals surface area contributed by atoms with Gasteiger partial charge in [-0.3, -0.25) is 9.48 Å². The molecule has 1 aliphatic rings. The highest BCUT2D eigenvalue weighted by Crippen LogP contribution is 2.24. The minimum absolute atomic E-state index is 0.103. The van der Waals surface area contributed by atoms with Crippen LogP contribution < -0.4 is 10.2 Å². The van der Waals surface area contributed by atoms with Crippen molar-refractivity contribution in [2.45, 2.75) is 12.5 Å². The molecular formula is C20H19F2N5O. The van der Waals surface area contributed by atoms with Crippen LogP contribution in [0.1, 0.15) is 16.8 Å². The first kappa shape index (κ1) is 18.1. The van der Waals surface area contributed by atoms with E-state index in [2.05, 4.69) is 15.4 Å². The lowest BCUT2D eigenvalue weighted by Gasteiger charge is -2.19. The molecule has 1 unspecified atom stereocenters. The average Bonchev–Trinajstić information content (AvgIpc) is 3.31. The Morgan fingerprint density at radius 2 is 1.96 bits per heavy atom. The second-order valence-electron chi connectivity index (χ2n) is 6.82. The van der Waals surface area contributed by atoms with Crippen LogP contribution in [0.3, 0.4) is 0 Å². The Morgan fingerprint density at radius 1 is 1.18 bits per heavy atom. The summed E-state index contributed by atoms with van der Waals surface area (Å²) in [5, 5.41) is 7.21. The topological polar surface area (TPSA) is 63.1 Å². The van der Waals surface area contributed by atoms with Gasteiger partial charge in [0.2, 0.25) is 0 Å². The Hall–Kier alpha value is -3.29. The number of carbonyl (C=O) groups excluding carboxylic acids is 1. The van der Waals surface area contributed by atoms with Gasteiger partial charge >= 0.3 is 0 Å². The molecule has 0 radical (unpaired) electrons. The molecule has 28 heavy (non-hydrogen) atoms. The predicted octanol–water partition coefficient (Wildman–Crippen LogP) is 2.77. The third kappa shape index (κ3) is 3.71. The van der Waals surface area contributed by atoms with Crippen LogP contribution in [0.4, 0.5) is 14.5 Å². The zero-order valence-electron chi connectivity index (χ0n) is 15.3. The first-order valence-electron chi connectivity index (χ1n) is 8.96. The van der Waals surface area contributed by atoms with E-state index in [1.165, 1.54) is 12.1 Å². The normalized spacial score (nSPS) is 16.4. The fourth-order valence-electron chi connectivity index (χ4n) is 3.35. The van der Waals surface area contributed by atoms with Crippen molar-refractivity contribution in [3.05, 3.63) is 66.0 Å². The molecule has 1 fully saturated rings. The largest absolute Gasteiger partial charge is 0.367 e. The first-order chi connectivity index (χ1) is 13.5. The number of nitrogens with one attached hydrogen (secondary N) is 1. The molecule has 2 heterocycles. The fourth-order valence-corrected chi connectivity index (χ4v) is 3.35. The Morgan fingerprint density at radius 3 is 2.64 bits per heavy atom. The summed E-state index contributed by atoms with van der Waals surface area (Å²) in [7, 11) is 1.79. The molecule has 0 spiro atoms. The van der Waals surface area contributed by atoms with Gasteiger partial charge in [0.1, 0.15) is 18.0 Å². The molecule has 144 valence electrons. The van der Waals surface area contributed by atoms with E-state index >= 15 is 0 Å². The van der Waals surface area contributed by atoms with Crippen LogP contribution in [0.2, 0.25) is 0 Å². The third-order valence-electron chi connectivity index (χ3n) is 4.78. The van der Waals surface area contributed by atoms with Crippen LogP contribution in [0.5, 0.6) is 0 Å². The lowest BCUT2D eigenvalue weighted by atomic mass is 10.1. The van der Waals surface area contributed by atoms with Gasteiger partial charge < -0.3 is 10.2 Å². The van der Waals surface area contributed by atoms with Gasteiger partial charge in [-0.15, -0.1) is 0 Å². The average molecular weight is 383 g/mol. The number of anilines is 1. The monoisotopic (exact) mass is 383 g/mol. The van der Waals surface area contributed by atoms with E-state index in [-0.39, 0.29) is 11.9 Å². The van der Waals surface area contributed by atoms with Gasteiger partial charge in [-0.2, -0.15) is 5.10 Å². The highest BCUT2D eigenvalue weighted by atomic mass is 19.1. The third-order valence-corrected chi connectivity index (χ3v) is 4.78. The summed E-state index contributed by atoms with van der Waals surface area (Å²) in [5.74, 6) is -0.783. The number of nitrogens with zero attached hydrogens (tertiary/aromatic N) is 4. The number of aryl methyl sites for hydroxylation is 1. The molecule has 6 nitrogen and oxygen atoms in total. The van der Waals surface area contributed by atoms with E-state index < -0.39 is 11.6 Å². The maximum Gasteiger partial charge on any atom is 0.251 e. The van der Waals surface area contributed by atoms with Gasteiger partial charge in [0.05, 0.1) is 5.69 Å². The zero-order chi connectivity index (χ0) is 19.7. The second-order valence-corrected chi connectivity index (χ2v) is 6.82. The number of aromatic nitrogens is 3. The van der Waals surface area contributed by atoms with Gasteiger partial charge in [0.25, 0.3) is 5.91 Å². The Kier molecular flexibility index (Phi) is 4.77. The van der Waals surface area contributed by atoms with Gasteiger partial charge in [-0.1, -0.05) is 12.1 Å². The highest BCUT2D eigenvalue weighted by molar-refractivity contribution is 5.94. The van der Waals surface area contributed by atoms with E-state index in [0.29, 0.717) is 36.6 Å². The Balaban J connectivity index is 1.39. The number of carbonyl (C=O) groups is 1. The molecule has 1 saturated heterocycles. The summed E-state index contributed by atoms with van der Waals surface area (Å²) in [4.78, 5) is 18.5. The molecule has 0 aliphatic carbocycles. The standard InChI is InChI=1S/C20H19F2N5O/c1-26-12-23-19(25-26)13-2-4-14(5-3-13)20(28)24-16-8-9-27(11-16)18-7-6-15(21)10-17(18)22/h2-7,10,12,16H,8-9,11H2,1H3,(H,24,28). The van der Waals surface area contributed by atoms with Crippen molar-refractivity contribution in [2.24, 2.45) is 7.05 Å². The smallest absolute Gasteiger partial charge is 0.251 e. The molecule has 1 N–H and O–H groups in total. The van der Waals surface area contributed by atoms with E-state index in [1.54, 1.807) is 42.3 Å². The van der Waals surface area contributed by atoms with Gasteiger partial charge in [0, 0.05) is 43.4 Å². The van der Waals surface area contributed by atoms with Gasteiger partial charge in [0.15, 0.2) is 5.82 Å². The van der Waals surface area contributed by atoms with Crippen LogP contribution in [-0.4, -0.2) is 39.8 Å². The number of rotatable bonds is 4. The summed E-state index contributed by atoms with van der Waals surface area (Å²) in [6.45, 7) is 1.07. The summed E-state index contributed by atoms with van der Waals surface area (Å²) in [6.07, 6.45) is 2.31. The lowest BCUT2D eigenvalue weighted by molar-refractivity contribution is 0.0940. The minimum Gasteiger partial charge on any atom is -0.367 e.